The molecule has 0 amide bonds. The van der Waals surface area contributed by atoms with Gasteiger partial charge >= 0.3 is 0 Å². The lowest BCUT2D eigenvalue weighted by molar-refractivity contribution is 0.309. The fraction of sp³-hybridized carbons (Fsp3) is 0.400. The van der Waals surface area contributed by atoms with Crippen LogP contribution in [0.4, 0.5) is 0 Å². The molecular formula is C15H20N2O. The maximum absolute atomic E-state index is 5.65. The Hall–Kier alpha value is -1.77. The molecule has 0 radical (unpaired) electrons. The van der Waals surface area contributed by atoms with Gasteiger partial charge in [-0.25, -0.2) is 4.98 Å². The summed E-state index contributed by atoms with van der Waals surface area (Å²) in [5, 5.41) is 0. The Morgan fingerprint density at radius 3 is 2.61 bits per heavy atom. The van der Waals surface area contributed by atoms with Gasteiger partial charge in [0.2, 0.25) is 0 Å². The molecule has 1 aromatic heterocycles. The van der Waals surface area contributed by atoms with Crippen LogP contribution in [-0.2, 0) is 6.42 Å². The van der Waals surface area contributed by atoms with Gasteiger partial charge < -0.3 is 9.30 Å². The van der Waals surface area contributed by atoms with E-state index in [-0.39, 0.29) is 0 Å². The van der Waals surface area contributed by atoms with E-state index in [0.717, 1.165) is 43.1 Å². The van der Waals surface area contributed by atoms with Crippen molar-refractivity contribution in [3.63, 3.8) is 0 Å². The smallest absolute Gasteiger partial charge is 0.119 e. The first kappa shape index (κ1) is 12.7. The number of unbranched alkanes of at least 4 members (excludes halogenated alkanes) is 1. The number of ether oxygens (including phenoxy) is 1. The third-order valence-electron chi connectivity index (χ3n) is 2.92. The minimum absolute atomic E-state index is 0.793. The van der Waals surface area contributed by atoms with E-state index >= 15 is 0 Å². The van der Waals surface area contributed by atoms with Crippen molar-refractivity contribution >= 4 is 0 Å². The molecule has 1 heterocycles. The second-order valence-corrected chi connectivity index (χ2v) is 4.26. The summed E-state index contributed by atoms with van der Waals surface area (Å²) in [7, 11) is 0. The third kappa shape index (κ3) is 2.92. The topological polar surface area (TPSA) is 27.1 Å². The van der Waals surface area contributed by atoms with Crippen molar-refractivity contribution in [2.75, 3.05) is 6.61 Å². The summed E-state index contributed by atoms with van der Waals surface area (Å²) in [6.07, 6.45) is 7.02. The fourth-order valence-corrected chi connectivity index (χ4v) is 1.87. The maximum Gasteiger partial charge on any atom is 0.119 e. The summed E-state index contributed by atoms with van der Waals surface area (Å²) in [6.45, 7) is 5.07. The Morgan fingerprint density at radius 1 is 1.17 bits per heavy atom. The molecule has 0 saturated carbocycles. The van der Waals surface area contributed by atoms with E-state index in [1.54, 1.807) is 0 Å². The van der Waals surface area contributed by atoms with Crippen molar-refractivity contribution in [2.45, 2.75) is 33.1 Å². The van der Waals surface area contributed by atoms with Crippen LogP contribution < -0.4 is 4.74 Å². The van der Waals surface area contributed by atoms with Gasteiger partial charge in [0.05, 0.1) is 6.61 Å². The highest BCUT2D eigenvalue weighted by Gasteiger charge is 2.02. The molecule has 0 saturated heterocycles. The molecule has 0 aliphatic rings. The largest absolute Gasteiger partial charge is 0.494 e. The molecular weight excluding hydrogens is 224 g/mol. The zero-order valence-corrected chi connectivity index (χ0v) is 11.1. The molecule has 96 valence electrons. The number of hydrogen-bond acceptors (Lipinski definition) is 2. The molecule has 0 atom stereocenters. The van der Waals surface area contributed by atoms with Crippen LogP contribution in [0.2, 0.25) is 0 Å². The lowest BCUT2D eigenvalue weighted by Crippen LogP contribution is -2.00. The van der Waals surface area contributed by atoms with Crippen molar-refractivity contribution in [3.8, 4) is 11.4 Å². The van der Waals surface area contributed by atoms with Crippen LogP contribution >= 0.6 is 0 Å². The average molecular weight is 244 g/mol. The Kier molecular flexibility index (Phi) is 4.40. The highest BCUT2D eigenvalue weighted by molar-refractivity contribution is 5.38. The Labute approximate surface area is 108 Å². The van der Waals surface area contributed by atoms with Gasteiger partial charge in [-0.05, 0) is 30.7 Å². The van der Waals surface area contributed by atoms with Crippen LogP contribution in [0.15, 0.2) is 36.7 Å². The van der Waals surface area contributed by atoms with E-state index in [1.165, 1.54) is 0 Å². The van der Waals surface area contributed by atoms with Gasteiger partial charge in [0.25, 0.3) is 0 Å². The summed E-state index contributed by atoms with van der Waals surface area (Å²) < 4.78 is 7.76. The van der Waals surface area contributed by atoms with Crippen molar-refractivity contribution in [2.24, 2.45) is 0 Å². The summed E-state index contributed by atoms with van der Waals surface area (Å²) in [5.74, 6) is 2.01. The summed E-state index contributed by atoms with van der Waals surface area (Å²) in [6, 6.07) is 8.18. The number of rotatable bonds is 6. The number of imidazole rings is 1. The van der Waals surface area contributed by atoms with Crippen molar-refractivity contribution in [1.29, 1.82) is 0 Å². The predicted octanol–water partition coefficient (Wildman–Crippen LogP) is 3.61. The van der Waals surface area contributed by atoms with Crippen LogP contribution in [0.5, 0.6) is 5.75 Å². The molecule has 18 heavy (non-hydrogen) atoms. The van der Waals surface area contributed by atoms with E-state index in [1.807, 2.05) is 24.5 Å². The molecule has 0 spiro atoms. The van der Waals surface area contributed by atoms with Gasteiger partial charge in [-0.15, -0.1) is 0 Å². The summed E-state index contributed by atoms with van der Waals surface area (Å²) in [5.41, 5.74) is 1.13. The first-order chi connectivity index (χ1) is 8.85. The molecule has 0 aliphatic carbocycles. The Bertz CT molecular complexity index is 473. The highest BCUT2D eigenvalue weighted by atomic mass is 16.5. The van der Waals surface area contributed by atoms with Crippen LogP contribution in [0, 0.1) is 0 Å². The lowest BCUT2D eigenvalue weighted by atomic mass is 10.3. The average Bonchev–Trinajstić information content (AvgIpc) is 2.88. The van der Waals surface area contributed by atoms with Gasteiger partial charge in [-0.1, -0.05) is 20.3 Å². The molecule has 2 aromatic rings. The fourth-order valence-electron chi connectivity index (χ4n) is 1.87. The minimum atomic E-state index is 0.793. The molecule has 0 fully saturated rings. The normalized spacial score (nSPS) is 10.6. The molecule has 3 nitrogen and oxygen atoms in total. The molecule has 0 unspecified atom stereocenters. The standard InChI is InChI=1S/C15H20N2O/c1-3-5-12-18-14-8-6-13(7-9-14)17-11-10-16-15(17)4-2/h6-11H,3-5,12H2,1-2H3. The van der Waals surface area contributed by atoms with Crippen molar-refractivity contribution in [3.05, 3.63) is 42.5 Å². The van der Waals surface area contributed by atoms with E-state index in [4.69, 9.17) is 4.74 Å². The first-order valence-electron chi connectivity index (χ1n) is 6.60. The Balaban J connectivity index is 2.07. The minimum Gasteiger partial charge on any atom is -0.494 e. The SMILES string of the molecule is CCCCOc1ccc(-n2ccnc2CC)cc1. The number of hydrogen-bond donors (Lipinski definition) is 0. The number of benzene rings is 1. The second-order valence-electron chi connectivity index (χ2n) is 4.26. The van der Waals surface area contributed by atoms with E-state index in [9.17, 15) is 0 Å². The van der Waals surface area contributed by atoms with Crippen molar-refractivity contribution < 1.29 is 4.74 Å². The van der Waals surface area contributed by atoms with Crippen LogP contribution in [0.3, 0.4) is 0 Å². The van der Waals surface area contributed by atoms with Gasteiger partial charge in [-0.2, -0.15) is 0 Å². The van der Waals surface area contributed by atoms with Gasteiger partial charge in [-0.3, -0.25) is 0 Å². The van der Waals surface area contributed by atoms with E-state index < -0.39 is 0 Å². The number of aryl methyl sites for hydroxylation is 1. The second kappa shape index (κ2) is 6.24. The molecule has 1 aromatic carbocycles. The maximum atomic E-state index is 5.65. The number of aromatic nitrogens is 2. The lowest BCUT2D eigenvalue weighted by Gasteiger charge is -2.09. The van der Waals surface area contributed by atoms with E-state index in [0.29, 0.717) is 0 Å². The van der Waals surface area contributed by atoms with Gasteiger partial charge in [0.15, 0.2) is 0 Å². The quantitative estimate of drug-likeness (QED) is 0.726. The summed E-state index contributed by atoms with van der Waals surface area (Å²) >= 11 is 0. The third-order valence-corrected chi connectivity index (χ3v) is 2.92. The molecule has 2 rings (SSSR count). The van der Waals surface area contributed by atoms with Gasteiger partial charge in [0, 0.05) is 24.5 Å². The monoisotopic (exact) mass is 244 g/mol. The molecule has 0 N–H and O–H groups in total. The zero-order valence-electron chi connectivity index (χ0n) is 11.1. The number of nitrogens with zero attached hydrogens (tertiary/aromatic N) is 2. The van der Waals surface area contributed by atoms with Gasteiger partial charge in [0.1, 0.15) is 11.6 Å². The van der Waals surface area contributed by atoms with Crippen molar-refractivity contribution in [1.82, 2.24) is 9.55 Å². The van der Waals surface area contributed by atoms with Crippen LogP contribution in [0.1, 0.15) is 32.5 Å². The first-order valence-corrected chi connectivity index (χ1v) is 6.60. The van der Waals surface area contributed by atoms with Crippen LogP contribution in [0.25, 0.3) is 5.69 Å². The summed E-state index contributed by atoms with van der Waals surface area (Å²) in [4.78, 5) is 4.33. The molecule has 0 bridgehead atoms. The van der Waals surface area contributed by atoms with E-state index in [2.05, 4.69) is 35.5 Å². The molecule has 0 aliphatic heterocycles. The highest BCUT2D eigenvalue weighted by Crippen LogP contribution is 2.17. The zero-order chi connectivity index (χ0) is 12.8. The Morgan fingerprint density at radius 2 is 1.94 bits per heavy atom. The van der Waals surface area contributed by atoms with Crippen LogP contribution in [-0.4, -0.2) is 16.2 Å². The predicted molar refractivity (Wildman–Crippen MR) is 73.3 cm³/mol. The molecule has 3 heteroatoms.